The average molecular weight is 144 g/mol. The van der Waals surface area contributed by atoms with E-state index < -0.39 is 0 Å². The Kier molecular flexibility index (Phi) is 1.19. The van der Waals surface area contributed by atoms with Crippen molar-refractivity contribution < 1.29 is 0 Å². The molecule has 2 nitrogen and oxygen atoms in total. The van der Waals surface area contributed by atoms with Crippen LogP contribution in [0.3, 0.4) is 0 Å². The third-order valence-corrected chi connectivity index (χ3v) is 2.18. The highest BCUT2D eigenvalue weighted by molar-refractivity contribution is 5.36. The van der Waals surface area contributed by atoms with Crippen LogP contribution in [0.2, 0.25) is 0 Å². The highest BCUT2D eigenvalue weighted by Gasteiger charge is 2.44. The normalized spacial score (nSPS) is 18.8. The van der Waals surface area contributed by atoms with E-state index in [4.69, 9.17) is 5.26 Å². The van der Waals surface area contributed by atoms with Crippen molar-refractivity contribution >= 4 is 0 Å². The number of pyridine rings is 1. The number of nitrogens with zero attached hydrogens (tertiary/aromatic N) is 2. The number of rotatable bonds is 1. The quantitative estimate of drug-likeness (QED) is 0.600. The Morgan fingerprint density at radius 2 is 2.36 bits per heavy atom. The molecule has 1 aliphatic carbocycles. The Labute approximate surface area is 65.5 Å². The first kappa shape index (κ1) is 6.36. The lowest BCUT2D eigenvalue weighted by molar-refractivity contribution is 0.897. The van der Waals surface area contributed by atoms with E-state index in [0.29, 0.717) is 0 Å². The van der Waals surface area contributed by atoms with Crippen molar-refractivity contribution in [2.45, 2.75) is 18.3 Å². The van der Waals surface area contributed by atoms with Crippen molar-refractivity contribution in [2.24, 2.45) is 0 Å². The second-order valence-electron chi connectivity index (χ2n) is 2.94. The van der Waals surface area contributed by atoms with Gasteiger partial charge in [0.15, 0.2) is 0 Å². The molecule has 1 aliphatic rings. The topological polar surface area (TPSA) is 36.7 Å². The maximum atomic E-state index is 8.83. The summed E-state index contributed by atoms with van der Waals surface area (Å²) in [6.07, 6.45) is 5.51. The molecule has 0 bridgehead atoms. The largest absolute Gasteiger partial charge is 0.264 e. The summed E-state index contributed by atoms with van der Waals surface area (Å²) < 4.78 is 0. The summed E-state index contributed by atoms with van der Waals surface area (Å²) in [6, 6.07) is 6.19. The van der Waals surface area contributed by atoms with Gasteiger partial charge in [-0.25, -0.2) is 0 Å². The first-order chi connectivity index (χ1) is 5.37. The fourth-order valence-corrected chi connectivity index (χ4v) is 1.24. The minimum Gasteiger partial charge on any atom is -0.264 e. The van der Waals surface area contributed by atoms with Crippen LogP contribution in [0, 0.1) is 11.3 Å². The molecule has 0 N–H and O–H groups in total. The van der Waals surface area contributed by atoms with Crippen LogP contribution >= 0.6 is 0 Å². The zero-order chi connectivity index (χ0) is 7.73. The SMILES string of the molecule is N#CC1(c2cccnc2)CC1. The maximum absolute atomic E-state index is 8.83. The highest BCUT2D eigenvalue weighted by atomic mass is 14.6. The molecule has 54 valence electrons. The summed E-state index contributed by atoms with van der Waals surface area (Å²) in [5, 5.41) is 8.83. The zero-order valence-electron chi connectivity index (χ0n) is 6.12. The van der Waals surface area contributed by atoms with Crippen molar-refractivity contribution in [1.29, 1.82) is 5.26 Å². The lowest BCUT2D eigenvalue weighted by Gasteiger charge is -2.02. The minimum atomic E-state index is -0.172. The molecule has 1 aromatic heterocycles. The van der Waals surface area contributed by atoms with E-state index >= 15 is 0 Å². The number of aromatic nitrogens is 1. The van der Waals surface area contributed by atoms with Gasteiger partial charge in [0.25, 0.3) is 0 Å². The van der Waals surface area contributed by atoms with Gasteiger partial charge in [-0.2, -0.15) is 5.26 Å². The van der Waals surface area contributed by atoms with E-state index in [-0.39, 0.29) is 5.41 Å². The smallest absolute Gasteiger partial charge is 0.0838 e. The third-order valence-electron chi connectivity index (χ3n) is 2.18. The van der Waals surface area contributed by atoms with E-state index in [1.807, 2.05) is 12.1 Å². The maximum Gasteiger partial charge on any atom is 0.0838 e. The molecule has 0 spiro atoms. The fourth-order valence-electron chi connectivity index (χ4n) is 1.24. The van der Waals surface area contributed by atoms with Gasteiger partial charge in [-0.3, -0.25) is 4.98 Å². The van der Waals surface area contributed by atoms with Crippen LogP contribution in [0.5, 0.6) is 0 Å². The molecule has 0 unspecified atom stereocenters. The molecular formula is C9H8N2. The van der Waals surface area contributed by atoms with E-state index in [0.717, 1.165) is 18.4 Å². The summed E-state index contributed by atoms with van der Waals surface area (Å²) in [7, 11) is 0. The Hall–Kier alpha value is -1.36. The first-order valence-corrected chi connectivity index (χ1v) is 3.69. The van der Waals surface area contributed by atoms with Crippen molar-refractivity contribution in [3.63, 3.8) is 0 Å². The molecule has 0 aliphatic heterocycles. The van der Waals surface area contributed by atoms with E-state index in [2.05, 4.69) is 11.1 Å². The van der Waals surface area contributed by atoms with Gasteiger partial charge in [-0.15, -0.1) is 0 Å². The monoisotopic (exact) mass is 144 g/mol. The molecule has 0 aromatic carbocycles. The van der Waals surface area contributed by atoms with Crippen LogP contribution in [0.15, 0.2) is 24.5 Å². The van der Waals surface area contributed by atoms with Gasteiger partial charge in [0, 0.05) is 12.4 Å². The molecular weight excluding hydrogens is 136 g/mol. The third kappa shape index (κ3) is 0.894. The molecule has 1 aromatic rings. The van der Waals surface area contributed by atoms with Crippen LogP contribution in [0.25, 0.3) is 0 Å². The Bertz CT molecular complexity index is 293. The molecule has 11 heavy (non-hydrogen) atoms. The summed E-state index contributed by atoms with van der Waals surface area (Å²) in [5.41, 5.74) is 0.899. The molecule has 2 rings (SSSR count). The van der Waals surface area contributed by atoms with Crippen LogP contribution in [-0.2, 0) is 5.41 Å². The van der Waals surface area contributed by atoms with Gasteiger partial charge in [0.1, 0.15) is 0 Å². The van der Waals surface area contributed by atoms with Crippen molar-refractivity contribution in [2.75, 3.05) is 0 Å². The fraction of sp³-hybridized carbons (Fsp3) is 0.333. The molecule has 0 amide bonds. The number of nitriles is 1. The van der Waals surface area contributed by atoms with Crippen molar-refractivity contribution in [3.8, 4) is 6.07 Å². The molecule has 0 atom stereocenters. The van der Waals surface area contributed by atoms with Gasteiger partial charge < -0.3 is 0 Å². The Morgan fingerprint density at radius 3 is 2.82 bits per heavy atom. The van der Waals surface area contributed by atoms with Crippen LogP contribution < -0.4 is 0 Å². The second-order valence-corrected chi connectivity index (χ2v) is 2.94. The lowest BCUT2D eigenvalue weighted by Crippen LogP contribution is -2.01. The minimum absolute atomic E-state index is 0.172. The summed E-state index contributed by atoms with van der Waals surface area (Å²) >= 11 is 0. The molecule has 0 saturated heterocycles. The first-order valence-electron chi connectivity index (χ1n) is 3.69. The summed E-state index contributed by atoms with van der Waals surface area (Å²) in [5.74, 6) is 0. The van der Waals surface area contributed by atoms with E-state index in [9.17, 15) is 0 Å². The molecule has 2 heteroatoms. The van der Waals surface area contributed by atoms with Gasteiger partial charge in [-0.1, -0.05) is 6.07 Å². The molecule has 1 fully saturated rings. The van der Waals surface area contributed by atoms with Crippen LogP contribution in [0.1, 0.15) is 18.4 Å². The van der Waals surface area contributed by atoms with E-state index in [1.54, 1.807) is 12.4 Å². The molecule has 1 saturated carbocycles. The molecule has 0 radical (unpaired) electrons. The van der Waals surface area contributed by atoms with Crippen LogP contribution in [-0.4, -0.2) is 4.98 Å². The Balaban J connectivity index is 2.39. The van der Waals surface area contributed by atoms with Crippen molar-refractivity contribution in [3.05, 3.63) is 30.1 Å². The predicted molar refractivity (Wildman–Crippen MR) is 40.8 cm³/mol. The van der Waals surface area contributed by atoms with Crippen LogP contribution in [0.4, 0.5) is 0 Å². The van der Waals surface area contributed by atoms with Crippen molar-refractivity contribution in [1.82, 2.24) is 4.98 Å². The van der Waals surface area contributed by atoms with Gasteiger partial charge in [0.05, 0.1) is 11.5 Å². The molecule has 1 heterocycles. The van der Waals surface area contributed by atoms with Gasteiger partial charge in [-0.05, 0) is 24.5 Å². The summed E-state index contributed by atoms with van der Waals surface area (Å²) in [6.45, 7) is 0. The predicted octanol–water partition coefficient (Wildman–Crippen LogP) is 1.64. The number of hydrogen-bond donors (Lipinski definition) is 0. The lowest BCUT2D eigenvalue weighted by atomic mass is 10.0. The second kappa shape index (κ2) is 2.06. The average Bonchev–Trinajstić information content (AvgIpc) is 2.86. The van der Waals surface area contributed by atoms with Gasteiger partial charge in [0.2, 0.25) is 0 Å². The summed E-state index contributed by atoms with van der Waals surface area (Å²) in [4.78, 5) is 3.99. The Morgan fingerprint density at radius 1 is 1.55 bits per heavy atom. The van der Waals surface area contributed by atoms with Gasteiger partial charge >= 0.3 is 0 Å². The highest BCUT2D eigenvalue weighted by Crippen LogP contribution is 2.46. The van der Waals surface area contributed by atoms with E-state index in [1.165, 1.54) is 0 Å². The number of hydrogen-bond acceptors (Lipinski definition) is 2. The zero-order valence-corrected chi connectivity index (χ0v) is 6.12. The standard InChI is InChI=1S/C9H8N2/c10-7-9(3-4-9)8-2-1-5-11-6-8/h1-2,5-6H,3-4H2.